The summed E-state index contributed by atoms with van der Waals surface area (Å²) in [5.74, 6) is -1.37. The highest BCUT2D eigenvalue weighted by Gasteiger charge is 2.26. The summed E-state index contributed by atoms with van der Waals surface area (Å²) in [5.41, 5.74) is 3.86. The summed E-state index contributed by atoms with van der Waals surface area (Å²) in [7, 11) is 0. The van der Waals surface area contributed by atoms with E-state index in [9.17, 15) is 14.3 Å². The maximum Gasteiger partial charge on any atom is 0.356 e. The Kier molecular flexibility index (Phi) is 5.56. The third-order valence-electron chi connectivity index (χ3n) is 4.99. The monoisotopic (exact) mass is 454 g/mol. The Morgan fingerprint density at radius 2 is 1.65 bits per heavy atom. The maximum absolute atomic E-state index is 13.8. The van der Waals surface area contributed by atoms with Crippen molar-refractivity contribution >= 4 is 29.2 Å². The van der Waals surface area contributed by atoms with E-state index in [2.05, 4.69) is 4.98 Å². The molecule has 0 atom stereocenters. The van der Waals surface area contributed by atoms with Crippen LogP contribution in [0.4, 0.5) is 4.39 Å². The van der Waals surface area contributed by atoms with Gasteiger partial charge in [-0.1, -0.05) is 59.1 Å². The van der Waals surface area contributed by atoms with Crippen LogP contribution >= 0.6 is 23.2 Å². The molecule has 0 radical (unpaired) electrons. The number of carboxylic acids is 1. The molecule has 0 aliphatic heterocycles. The molecule has 31 heavy (non-hydrogen) atoms. The first-order valence-corrected chi connectivity index (χ1v) is 10.2. The summed E-state index contributed by atoms with van der Waals surface area (Å²) < 4.78 is 15.6. The van der Waals surface area contributed by atoms with Crippen molar-refractivity contribution in [1.29, 1.82) is 0 Å². The Bertz CT molecular complexity index is 1310. The van der Waals surface area contributed by atoms with Gasteiger partial charge in [0.25, 0.3) is 0 Å². The number of aromatic nitrogens is 2. The summed E-state index contributed by atoms with van der Waals surface area (Å²) in [5, 5.41) is 10.3. The van der Waals surface area contributed by atoms with Gasteiger partial charge in [-0.3, -0.25) is 4.57 Å². The molecule has 0 unspecified atom stereocenters. The minimum atomic E-state index is -1.21. The lowest BCUT2D eigenvalue weighted by atomic mass is 10.1. The number of carbonyl (C=O) groups is 1. The van der Waals surface area contributed by atoms with E-state index in [-0.39, 0.29) is 16.4 Å². The van der Waals surface area contributed by atoms with Gasteiger partial charge in [-0.15, -0.1) is 0 Å². The molecule has 4 aromatic rings. The SMILES string of the molecule is Cc1ccc(-c2nc(C(=O)O)c(-c3ccc(F)c(Cl)c3)n2-c2cc(Cl)ccc2C)cc1. The third-order valence-corrected chi connectivity index (χ3v) is 5.52. The largest absolute Gasteiger partial charge is 0.476 e. The molecule has 156 valence electrons. The number of aromatic carboxylic acids is 1. The van der Waals surface area contributed by atoms with Crippen molar-refractivity contribution in [3.8, 4) is 28.3 Å². The van der Waals surface area contributed by atoms with Gasteiger partial charge >= 0.3 is 5.97 Å². The van der Waals surface area contributed by atoms with Crippen LogP contribution in [0.5, 0.6) is 0 Å². The van der Waals surface area contributed by atoms with E-state index < -0.39 is 11.8 Å². The summed E-state index contributed by atoms with van der Waals surface area (Å²) in [6.07, 6.45) is 0. The van der Waals surface area contributed by atoms with Crippen molar-refractivity contribution in [3.63, 3.8) is 0 Å². The number of halogens is 3. The molecule has 1 heterocycles. The number of aryl methyl sites for hydroxylation is 2. The van der Waals surface area contributed by atoms with E-state index >= 15 is 0 Å². The van der Waals surface area contributed by atoms with Gasteiger partial charge in [0.05, 0.1) is 16.4 Å². The molecule has 3 aromatic carbocycles. The van der Waals surface area contributed by atoms with Crippen LogP contribution in [0.15, 0.2) is 60.7 Å². The Morgan fingerprint density at radius 3 is 2.29 bits per heavy atom. The highest BCUT2D eigenvalue weighted by Crippen LogP contribution is 2.36. The predicted octanol–water partition coefficient (Wildman–Crippen LogP) is 6.97. The number of imidazole rings is 1. The quantitative estimate of drug-likeness (QED) is 0.362. The molecule has 1 N–H and O–H groups in total. The molecule has 0 aliphatic rings. The summed E-state index contributed by atoms with van der Waals surface area (Å²) in [6.45, 7) is 3.86. The highest BCUT2D eigenvalue weighted by atomic mass is 35.5. The van der Waals surface area contributed by atoms with Crippen LogP contribution in [0.25, 0.3) is 28.3 Å². The van der Waals surface area contributed by atoms with E-state index in [0.717, 1.165) is 16.7 Å². The summed E-state index contributed by atoms with van der Waals surface area (Å²) in [6, 6.07) is 17.0. The summed E-state index contributed by atoms with van der Waals surface area (Å²) >= 11 is 12.3. The minimum Gasteiger partial charge on any atom is -0.476 e. The molecule has 7 heteroatoms. The number of nitrogens with zero attached hydrogens (tertiary/aromatic N) is 2. The lowest BCUT2D eigenvalue weighted by Gasteiger charge is -2.16. The molecule has 1 aromatic heterocycles. The first-order chi connectivity index (χ1) is 14.8. The number of carboxylic acid groups (broad SMARTS) is 1. The van der Waals surface area contributed by atoms with Gasteiger partial charge in [-0.2, -0.15) is 0 Å². The second-order valence-corrected chi connectivity index (χ2v) is 8.04. The van der Waals surface area contributed by atoms with E-state index in [1.807, 2.05) is 44.2 Å². The van der Waals surface area contributed by atoms with Gasteiger partial charge in [0.1, 0.15) is 11.6 Å². The minimum absolute atomic E-state index is 0.110. The van der Waals surface area contributed by atoms with Gasteiger partial charge in [-0.25, -0.2) is 14.2 Å². The molecule has 0 bridgehead atoms. The number of rotatable bonds is 4. The fraction of sp³-hybridized carbons (Fsp3) is 0.0833. The van der Waals surface area contributed by atoms with Crippen LogP contribution in [-0.2, 0) is 0 Å². The molecule has 0 fully saturated rings. The Balaban J connectivity index is 2.14. The molecule has 0 saturated heterocycles. The second kappa shape index (κ2) is 8.17. The molecule has 4 rings (SSSR count). The first kappa shape index (κ1) is 21.1. The van der Waals surface area contributed by atoms with Gasteiger partial charge in [0, 0.05) is 16.1 Å². The van der Waals surface area contributed by atoms with Gasteiger partial charge in [0.2, 0.25) is 0 Å². The number of hydrogen-bond donors (Lipinski definition) is 1. The van der Waals surface area contributed by atoms with Crippen LogP contribution in [-0.4, -0.2) is 20.6 Å². The highest BCUT2D eigenvalue weighted by molar-refractivity contribution is 6.31. The van der Waals surface area contributed by atoms with E-state index in [1.165, 1.54) is 18.2 Å². The van der Waals surface area contributed by atoms with Crippen molar-refractivity contribution < 1.29 is 14.3 Å². The zero-order valence-electron chi connectivity index (χ0n) is 16.7. The molecular weight excluding hydrogens is 438 g/mol. The Morgan fingerprint density at radius 1 is 0.968 bits per heavy atom. The molecule has 0 saturated carbocycles. The lowest BCUT2D eigenvalue weighted by Crippen LogP contribution is -2.05. The number of benzene rings is 3. The first-order valence-electron chi connectivity index (χ1n) is 9.41. The average molecular weight is 455 g/mol. The number of hydrogen-bond acceptors (Lipinski definition) is 2. The fourth-order valence-electron chi connectivity index (χ4n) is 3.43. The molecular formula is C24H17Cl2FN2O2. The topological polar surface area (TPSA) is 55.1 Å². The van der Waals surface area contributed by atoms with Crippen molar-refractivity contribution in [1.82, 2.24) is 9.55 Å². The van der Waals surface area contributed by atoms with Crippen molar-refractivity contribution in [2.45, 2.75) is 13.8 Å². The van der Waals surface area contributed by atoms with E-state index in [4.69, 9.17) is 23.2 Å². The molecule has 4 nitrogen and oxygen atoms in total. The van der Waals surface area contributed by atoms with Crippen LogP contribution in [0.3, 0.4) is 0 Å². The standard InChI is InChI=1S/C24H17Cl2FN2O2/c1-13-3-6-15(7-4-13)23-28-21(24(30)31)22(16-8-10-19(27)18(26)11-16)29(23)20-12-17(25)9-5-14(20)2/h3-12H,1-2H3,(H,30,31). The zero-order chi connectivity index (χ0) is 22.3. The van der Waals surface area contributed by atoms with Crippen molar-refractivity contribution in [2.75, 3.05) is 0 Å². The Labute approximate surface area is 188 Å². The average Bonchev–Trinajstić information content (AvgIpc) is 3.13. The Hall–Kier alpha value is -3.15. The van der Waals surface area contributed by atoms with E-state index in [1.54, 1.807) is 16.7 Å². The van der Waals surface area contributed by atoms with Crippen LogP contribution in [0.1, 0.15) is 21.6 Å². The molecule has 0 spiro atoms. The van der Waals surface area contributed by atoms with Crippen LogP contribution in [0, 0.1) is 19.7 Å². The fourth-order valence-corrected chi connectivity index (χ4v) is 3.78. The smallest absolute Gasteiger partial charge is 0.356 e. The maximum atomic E-state index is 13.8. The summed E-state index contributed by atoms with van der Waals surface area (Å²) in [4.78, 5) is 16.6. The van der Waals surface area contributed by atoms with Gasteiger partial charge < -0.3 is 5.11 Å². The predicted molar refractivity (Wildman–Crippen MR) is 121 cm³/mol. The van der Waals surface area contributed by atoms with Gasteiger partial charge in [-0.05, 0) is 49.7 Å². The van der Waals surface area contributed by atoms with Crippen molar-refractivity contribution in [3.05, 3.63) is 93.3 Å². The van der Waals surface area contributed by atoms with E-state index in [0.29, 0.717) is 22.1 Å². The van der Waals surface area contributed by atoms with Crippen LogP contribution < -0.4 is 0 Å². The second-order valence-electron chi connectivity index (χ2n) is 7.20. The van der Waals surface area contributed by atoms with Crippen LogP contribution in [0.2, 0.25) is 10.0 Å². The normalized spacial score (nSPS) is 11.0. The molecule has 0 amide bonds. The van der Waals surface area contributed by atoms with Gasteiger partial charge in [0.15, 0.2) is 5.69 Å². The van der Waals surface area contributed by atoms with Crippen molar-refractivity contribution in [2.24, 2.45) is 0 Å². The zero-order valence-corrected chi connectivity index (χ0v) is 18.2. The lowest BCUT2D eigenvalue weighted by molar-refractivity contribution is 0.0692. The molecule has 0 aliphatic carbocycles. The third kappa shape index (κ3) is 3.94.